The first-order chi connectivity index (χ1) is 9.36. The zero-order chi connectivity index (χ0) is 13.1. The van der Waals surface area contributed by atoms with Gasteiger partial charge in [0.2, 0.25) is 0 Å². The third-order valence-corrected chi connectivity index (χ3v) is 4.71. The van der Waals surface area contributed by atoms with Crippen molar-refractivity contribution in [1.29, 1.82) is 0 Å². The fourth-order valence-corrected chi connectivity index (χ4v) is 3.14. The second kappa shape index (κ2) is 6.04. The van der Waals surface area contributed by atoms with Gasteiger partial charge >= 0.3 is 0 Å². The molecule has 2 aliphatic rings. The molecule has 3 nitrogen and oxygen atoms in total. The predicted molar refractivity (Wildman–Crippen MR) is 76.6 cm³/mol. The molecule has 104 valence electrons. The molecule has 2 atom stereocenters. The molecule has 1 heterocycles. The first-order valence-corrected chi connectivity index (χ1v) is 7.50. The number of benzene rings is 1. The number of nitrogens with two attached hydrogens (primary N) is 1. The van der Waals surface area contributed by atoms with Gasteiger partial charge in [-0.15, -0.1) is 0 Å². The summed E-state index contributed by atoms with van der Waals surface area (Å²) in [5, 5.41) is 0. The zero-order valence-corrected chi connectivity index (χ0v) is 11.5. The van der Waals surface area contributed by atoms with Crippen LogP contribution in [0.2, 0.25) is 0 Å². The predicted octanol–water partition coefficient (Wildman–Crippen LogP) is 2.89. The van der Waals surface area contributed by atoms with E-state index in [-0.39, 0.29) is 6.04 Å². The monoisotopic (exact) mass is 260 g/mol. The number of rotatable bonds is 5. The maximum absolute atomic E-state index is 5.73. The molecular formula is C16H24N2O. The summed E-state index contributed by atoms with van der Waals surface area (Å²) in [6, 6.07) is 9.31. The van der Waals surface area contributed by atoms with Crippen LogP contribution in [0.3, 0.4) is 0 Å². The van der Waals surface area contributed by atoms with Gasteiger partial charge in [0.15, 0.2) is 0 Å². The van der Waals surface area contributed by atoms with Gasteiger partial charge in [-0.3, -0.25) is 11.3 Å². The van der Waals surface area contributed by atoms with E-state index in [2.05, 4.69) is 29.7 Å². The van der Waals surface area contributed by atoms with Gasteiger partial charge in [-0.2, -0.15) is 0 Å². The minimum Gasteiger partial charge on any atom is -0.381 e. The molecule has 0 spiro atoms. The summed E-state index contributed by atoms with van der Waals surface area (Å²) in [6.45, 7) is 1.79. The number of nitrogens with one attached hydrogen (secondary N) is 1. The highest BCUT2D eigenvalue weighted by Crippen LogP contribution is 2.36. The maximum Gasteiger partial charge on any atom is 0.0495 e. The van der Waals surface area contributed by atoms with E-state index in [0.29, 0.717) is 5.92 Å². The van der Waals surface area contributed by atoms with E-state index in [1.54, 1.807) is 0 Å². The molecule has 1 aliphatic heterocycles. The Labute approximate surface area is 115 Å². The molecule has 19 heavy (non-hydrogen) atoms. The molecule has 1 saturated carbocycles. The van der Waals surface area contributed by atoms with Gasteiger partial charge in [0.05, 0.1) is 0 Å². The van der Waals surface area contributed by atoms with Crippen LogP contribution in [-0.2, 0) is 4.74 Å². The molecule has 0 radical (unpaired) electrons. The Morgan fingerprint density at radius 2 is 2.00 bits per heavy atom. The van der Waals surface area contributed by atoms with E-state index in [1.807, 2.05) is 0 Å². The van der Waals surface area contributed by atoms with Crippen molar-refractivity contribution in [3.8, 4) is 0 Å². The lowest BCUT2D eigenvalue weighted by atomic mass is 9.79. The van der Waals surface area contributed by atoms with Crippen molar-refractivity contribution in [1.82, 2.24) is 5.43 Å². The maximum atomic E-state index is 5.73. The zero-order valence-electron chi connectivity index (χ0n) is 11.5. The van der Waals surface area contributed by atoms with Gasteiger partial charge < -0.3 is 4.74 Å². The fourth-order valence-electron chi connectivity index (χ4n) is 3.14. The highest BCUT2D eigenvalue weighted by atomic mass is 16.5. The smallest absolute Gasteiger partial charge is 0.0495 e. The number of hydrogen-bond donors (Lipinski definition) is 2. The Kier molecular flexibility index (Phi) is 4.16. The molecule has 3 N–H and O–H groups in total. The average molecular weight is 260 g/mol. The highest BCUT2D eigenvalue weighted by molar-refractivity contribution is 5.28. The number of hydrogen-bond acceptors (Lipinski definition) is 3. The van der Waals surface area contributed by atoms with Crippen LogP contribution in [0.1, 0.15) is 55.2 Å². The van der Waals surface area contributed by atoms with Crippen LogP contribution < -0.4 is 11.3 Å². The molecule has 1 saturated heterocycles. The van der Waals surface area contributed by atoms with Crippen molar-refractivity contribution >= 4 is 0 Å². The molecule has 2 fully saturated rings. The molecule has 2 unspecified atom stereocenters. The van der Waals surface area contributed by atoms with Crippen molar-refractivity contribution in [2.24, 2.45) is 11.8 Å². The van der Waals surface area contributed by atoms with Crippen LogP contribution >= 0.6 is 0 Å². The van der Waals surface area contributed by atoms with Crippen molar-refractivity contribution < 1.29 is 4.74 Å². The summed E-state index contributed by atoms with van der Waals surface area (Å²) < 4.78 is 5.44. The Balaban J connectivity index is 1.64. The van der Waals surface area contributed by atoms with Gasteiger partial charge in [-0.25, -0.2) is 0 Å². The average Bonchev–Trinajstić information content (AvgIpc) is 2.88. The van der Waals surface area contributed by atoms with E-state index >= 15 is 0 Å². The summed E-state index contributed by atoms with van der Waals surface area (Å²) >= 11 is 0. The van der Waals surface area contributed by atoms with Crippen molar-refractivity contribution in [2.45, 2.75) is 44.1 Å². The summed E-state index contributed by atoms with van der Waals surface area (Å²) in [7, 11) is 0. The van der Waals surface area contributed by atoms with E-state index < -0.39 is 0 Å². The number of hydrazine groups is 1. The molecule has 0 amide bonds. The molecule has 1 aromatic carbocycles. The topological polar surface area (TPSA) is 47.3 Å². The summed E-state index contributed by atoms with van der Waals surface area (Å²) in [4.78, 5) is 0. The quantitative estimate of drug-likeness (QED) is 0.632. The van der Waals surface area contributed by atoms with Crippen LogP contribution in [0, 0.1) is 5.92 Å². The second-order valence-corrected chi connectivity index (χ2v) is 5.98. The molecule has 0 aromatic heterocycles. The van der Waals surface area contributed by atoms with E-state index in [4.69, 9.17) is 10.6 Å². The van der Waals surface area contributed by atoms with Crippen LogP contribution in [-0.4, -0.2) is 13.2 Å². The Hall–Kier alpha value is -0.900. The fraction of sp³-hybridized carbons (Fsp3) is 0.625. The molecule has 3 heteroatoms. The van der Waals surface area contributed by atoms with Crippen molar-refractivity contribution in [3.05, 3.63) is 35.4 Å². The van der Waals surface area contributed by atoms with E-state index in [9.17, 15) is 0 Å². The van der Waals surface area contributed by atoms with Crippen molar-refractivity contribution in [3.63, 3.8) is 0 Å². The van der Waals surface area contributed by atoms with Crippen molar-refractivity contribution in [2.75, 3.05) is 13.2 Å². The van der Waals surface area contributed by atoms with Gasteiger partial charge in [-0.05, 0) is 48.6 Å². The minimum atomic E-state index is 0.252. The van der Waals surface area contributed by atoms with Gasteiger partial charge in [0.25, 0.3) is 0 Å². The van der Waals surface area contributed by atoms with Crippen LogP contribution in [0.25, 0.3) is 0 Å². The SMILES string of the molecule is NNC(CC1CCOC1)c1ccc(C2CCC2)cc1. The summed E-state index contributed by atoms with van der Waals surface area (Å²) in [6.07, 6.45) is 6.34. The second-order valence-electron chi connectivity index (χ2n) is 5.98. The van der Waals surface area contributed by atoms with Gasteiger partial charge in [0.1, 0.15) is 0 Å². The first kappa shape index (κ1) is 13.1. The third-order valence-electron chi connectivity index (χ3n) is 4.71. The van der Waals surface area contributed by atoms with Gasteiger partial charge in [0, 0.05) is 19.3 Å². The molecule has 3 rings (SSSR count). The molecule has 1 aromatic rings. The standard InChI is InChI=1S/C16H24N2O/c17-18-16(10-12-8-9-19-11-12)15-6-4-14(5-7-15)13-2-1-3-13/h4-7,12-13,16,18H,1-3,8-11,17H2. The Morgan fingerprint density at radius 3 is 2.53 bits per heavy atom. The Morgan fingerprint density at radius 1 is 1.21 bits per heavy atom. The summed E-state index contributed by atoms with van der Waals surface area (Å²) in [5.41, 5.74) is 5.76. The van der Waals surface area contributed by atoms with E-state index in [1.165, 1.54) is 36.8 Å². The minimum absolute atomic E-state index is 0.252. The largest absolute Gasteiger partial charge is 0.381 e. The molecule has 1 aliphatic carbocycles. The lowest BCUT2D eigenvalue weighted by molar-refractivity contribution is 0.181. The van der Waals surface area contributed by atoms with E-state index in [0.717, 1.165) is 25.6 Å². The number of ether oxygens (including phenoxy) is 1. The lowest BCUT2D eigenvalue weighted by Gasteiger charge is -2.26. The normalized spacial score (nSPS) is 25.2. The molecular weight excluding hydrogens is 236 g/mol. The highest BCUT2D eigenvalue weighted by Gasteiger charge is 2.22. The lowest BCUT2D eigenvalue weighted by Crippen LogP contribution is -2.29. The third kappa shape index (κ3) is 2.99. The molecule has 0 bridgehead atoms. The first-order valence-electron chi connectivity index (χ1n) is 7.50. The summed E-state index contributed by atoms with van der Waals surface area (Å²) in [5.74, 6) is 7.18. The van der Waals surface area contributed by atoms with Crippen LogP contribution in [0.4, 0.5) is 0 Å². The van der Waals surface area contributed by atoms with Crippen LogP contribution in [0.5, 0.6) is 0 Å². The van der Waals surface area contributed by atoms with Gasteiger partial charge in [-0.1, -0.05) is 30.7 Å². The Bertz CT molecular complexity index is 394. The van der Waals surface area contributed by atoms with Crippen LogP contribution in [0.15, 0.2) is 24.3 Å².